The quantitative estimate of drug-likeness (QED) is 0.657. The molecule has 0 radical (unpaired) electrons. The lowest BCUT2D eigenvalue weighted by atomic mass is 10.3. The van der Waals surface area contributed by atoms with Crippen molar-refractivity contribution in [3.63, 3.8) is 0 Å². The van der Waals surface area contributed by atoms with E-state index >= 15 is 0 Å². The third-order valence-corrected chi connectivity index (χ3v) is 2.67. The fourth-order valence-electron chi connectivity index (χ4n) is 1.77. The van der Waals surface area contributed by atoms with Crippen molar-refractivity contribution >= 4 is 5.97 Å². The monoisotopic (exact) mass is 240 g/mol. The van der Waals surface area contributed by atoms with Gasteiger partial charge in [-0.15, -0.1) is 5.10 Å². The summed E-state index contributed by atoms with van der Waals surface area (Å²) in [6.45, 7) is 3.11. The van der Waals surface area contributed by atoms with E-state index in [1.54, 1.807) is 10.9 Å². The number of esters is 1. The second-order valence-corrected chi connectivity index (χ2v) is 4.07. The van der Waals surface area contributed by atoms with Crippen molar-refractivity contribution in [1.29, 1.82) is 0 Å². The maximum atomic E-state index is 11.2. The van der Waals surface area contributed by atoms with Gasteiger partial charge >= 0.3 is 5.97 Å². The number of likely N-dealkylation sites (N-methyl/N-ethyl adjacent to an activating group) is 1. The molecule has 1 aromatic rings. The van der Waals surface area contributed by atoms with Gasteiger partial charge in [-0.25, -0.2) is 9.48 Å². The number of morpholine rings is 1. The summed E-state index contributed by atoms with van der Waals surface area (Å²) >= 11 is 0. The molecule has 7 heteroatoms. The Balaban J connectivity index is 1.94. The van der Waals surface area contributed by atoms with E-state index in [1.807, 2.05) is 0 Å². The third kappa shape index (κ3) is 3.01. The molecule has 1 aliphatic rings. The number of aromatic nitrogens is 3. The van der Waals surface area contributed by atoms with E-state index in [9.17, 15) is 4.79 Å². The molecule has 2 rings (SSSR count). The Morgan fingerprint density at radius 3 is 3.24 bits per heavy atom. The van der Waals surface area contributed by atoms with E-state index in [2.05, 4.69) is 27.0 Å². The smallest absolute Gasteiger partial charge is 0.360 e. The Bertz CT molecular complexity index is 393. The zero-order chi connectivity index (χ0) is 12.3. The Labute approximate surface area is 99.3 Å². The van der Waals surface area contributed by atoms with Gasteiger partial charge in [-0.3, -0.25) is 0 Å². The van der Waals surface area contributed by atoms with Gasteiger partial charge in [0, 0.05) is 13.1 Å². The summed E-state index contributed by atoms with van der Waals surface area (Å²) in [5.74, 6) is -0.474. The molecule has 17 heavy (non-hydrogen) atoms. The summed E-state index contributed by atoms with van der Waals surface area (Å²) in [6, 6.07) is 0. The van der Waals surface area contributed by atoms with Crippen molar-refractivity contribution < 1.29 is 14.3 Å². The van der Waals surface area contributed by atoms with E-state index in [-0.39, 0.29) is 11.8 Å². The fraction of sp³-hybridized carbons (Fsp3) is 0.700. The standard InChI is InChI=1S/C10H16N4O3/c1-13-3-4-17-8(5-13)6-14-7-9(11-12-14)10(15)16-2/h7-8H,3-6H2,1-2H3. The topological polar surface area (TPSA) is 69.5 Å². The molecule has 1 aliphatic heterocycles. The van der Waals surface area contributed by atoms with Gasteiger partial charge in [0.1, 0.15) is 0 Å². The minimum Gasteiger partial charge on any atom is -0.464 e. The molecular weight excluding hydrogens is 224 g/mol. The highest BCUT2D eigenvalue weighted by molar-refractivity contribution is 5.86. The first-order chi connectivity index (χ1) is 8.19. The molecule has 1 saturated heterocycles. The maximum absolute atomic E-state index is 11.2. The minimum atomic E-state index is -0.474. The van der Waals surface area contributed by atoms with Gasteiger partial charge in [-0.2, -0.15) is 0 Å². The molecule has 0 aliphatic carbocycles. The molecule has 1 unspecified atom stereocenters. The van der Waals surface area contributed by atoms with Crippen LogP contribution in [0.5, 0.6) is 0 Å². The summed E-state index contributed by atoms with van der Waals surface area (Å²) in [5, 5.41) is 7.61. The number of carbonyl (C=O) groups excluding carboxylic acids is 1. The van der Waals surface area contributed by atoms with Crippen LogP contribution in [0.1, 0.15) is 10.5 Å². The summed E-state index contributed by atoms with van der Waals surface area (Å²) < 4.78 is 11.8. The van der Waals surface area contributed by atoms with Crippen molar-refractivity contribution in [1.82, 2.24) is 19.9 Å². The van der Waals surface area contributed by atoms with Crippen LogP contribution >= 0.6 is 0 Å². The normalized spacial score (nSPS) is 21.4. The van der Waals surface area contributed by atoms with Crippen LogP contribution in [0.4, 0.5) is 0 Å². The molecule has 7 nitrogen and oxygen atoms in total. The van der Waals surface area contributed by atoms with Gasteiger partial charge in [0.25, 0.3) is 0 Å². The highest BCUT2D eigenvalue weighted by Crippen LogP contribution is 2.06. The molecule has 2 heterocycles. The molecule has 1 atom stereocenters. The molecule has 1 aromatic heterocycles. The summed E-state index contributed by atoms with van der Waals surface area (Å²) in [6.07, 6.45) is 1.66. The SMILES string of the molecule is COC(=O)c1cn(CC2CN(C)CCO2)nn1. The van der Waals surface area contributed by atoms with Crippen molar-refractivity contribution in [2.75, 3.05) is 33.9 Å². The summed E-state index contributed by atoms with van der Waals surface area (Å²) in [7, 11) is 3.37. The zero-order valence-corrected chi connectivity index (χ0v) is 10.00. The number of hydrogen-bond donors (Lipinski definition) is 0. The van der Waals surface area contributed by atoms with E-state index in [1.165, 1.54) is 7.11 Å². The number of carbonyl (C=O) groups is 1. The molecule has 0 bridgehead atoms. The second kappa shape index (κ2) is 5.24. The maximum Gasteiger partial charge on any atom is 0.360 e. The number of ether oxygens (including phenoxy) is 2. The minimum absolute atomic E-state index is 0.0842. The predicted octanol–water partition coefficient (Wildman–Crippen LogP) is -0.605. The third-order valence-electron chi connectivity index (χ3n) is 2.67. The Kier molecular flexibility index (Phi) is 3.70. The van der Waals surface area contributed by atoms with Gasteiger partial charge < -0.3 is 14.4 Å². The van der Waals surface area contributed by atoms with Gasteiger partial charge in [0.2, 0.25) is 0 Å². The van der Waals surface area contributed by atoms with Gasteiger partial charge in [0.15, 0.2) is 5.69 Å². The average molecular weight is 240 g/mol. The molecule has 0 spiro atoms. The zero-order valence-electron chi connectivity index (χ0n) is 10.00. The highest BCUT2D eigenvalue weighted by Gasteiger charge is 2.19. The van der Waals surface area contributed by atoms with E-state index in [0.29, 0.717) is 6.54 Å². The molecule has 0 N–H and O–H groups in total. The molecule has 0 aromatic carbocycles. The summed E-state index contributed by atoms with van der Waals surface area (Å²) in [5.41, 5.74) is 0.219. The first-order valence-electron chi connectivity index (χ1n) is 5.47. The predicted molar refractivity (Wildman–Crippen MR) is 58.6 cm³/mol. The molecular formula is C10H16N4O3. The van der Waals surface area contributed by atoms with Gasteiger partial charge in [0.05, 0.1) is 32.6 Å². The Morgan fingerprint density at radius 1 is 1.71 bits per heavy atom. The largest absolute Gasteiger partial charge is 0.464 e. The Hall–Kier alpha value is -1.47. The van der Waals surface area contributed by atoms with Crippen LogP contribution in [0.25, 0.3) is 0 Å². The van der Waals surface area contributed by atoms with Crippen LogP contribution in [0.15, 0.2) is 6.20 Å². The van der Waals surface area contributed by atoms with E-state index in [0.717, 1.165) is 19.7 Å². The van der Waals surface area contributed by atoms with Crippen molar-refractivity contribution in [3.8, 4) is 0 Å². The van der Waals surface area contributed by atoms with Gasteiger partial charge in [-0.1, -0.05) is 5.21 Å². The van der Waals surface area contributed by atoms with Crippen LogP contribution in [-0.4, -0.2) is 65.8 Å². The second-order valence-electron chi connectivity index (χ2n) is 4.07. The number of rotatable bonds is 3. The van der Waals surface area contributed by atoms with Crippen molar-refractivity contribution in [2.24, 2.45) is 0 Å². The van der Waals surface area contributed by atoms with Crippen LogP contribution in [0, 0.1) is 0 Å². The van der Waals surface area contributed by atoms with E-state index < -0.39 is 5.97 Å². The highest BCUT2D eigenvalue weighted by atomic mass is 16.5. The van der Waals surface area contributed by atoms with Crippen molar-refractivity contribution in [3.05, 3.63) is 11.9 Å². The lowest BCUT2D eigenvalue weighted by molar-refractivity contribution is -0.0292. The van der Waals surface area contributed by atoms with Crippen LogP contribution < -0.4 is 0 Å². The van der Waals surface area contributed by atoms with Crippen molar-refractivity contribution in [2.45, 2.75) is 12.6 Å². The van der Waals surface area contributed by atoms with E-state index in [4.69, 9.17) is 4.74 Å². The molecule has 94 valence electrons. The number of methoxy groups -OCH3 is 1. The first kappa shape index (κ1) is 12.0. The summed E-state index contributed by atoms with van der Waals surface area (Å²) in [4.78, 5) is 13.4. The molecule has 0 saturated carbocycles. The number of nitrogens with zero attached hydrogens (tertiary/aromatic N) is 4. The Morgan fingerprint density at radius 2 is 2.53 bits per heavy atom. The van der Waals surface area contributed by atoms with Crippen LogP contribution in [0.3, 0.4) is 0 Å². The number of hydrogen-bond acceptors (Lipinski definition) is 6. The van der Waals surface area contributed by atoms with Gasteiger partial charge in [-0.05, 0) is 7.05 Å². The van der Waals surface area contributed by atoms with Crippen LogP contribution in [0.2, 0.25) is 0 Å². The first-order valence-corrected chi connectivity index (χ1v) is 5.47. The lowest BCUT2D eigenvalue weighted by Crippen LogP contribution is -2.42. The lowest BCUT2D eigenvalue weighted by Gasteiger charge is -2.29. The molecule has 0 amide bonds. The fourth-order valence-corrected chi connectivity index (χ4v) is 1.77. The van der Waals surface area contributed by atoms with Crippen LogP contribution in [-0.2, 0) is 16.0 Å². The average Bonchev–Trinajstić information content (AvgIpc) is 2.76. The molecule has 1 fully saturated rings.